The predicted molar refractivity (Wildman–Crippen MR) is 132 cm³/mol. The Morgan fingerprint density at radius 2 is 1.79 bits per heavy atom. The van der Waals surface area contributed by atoms with E-state index in [0.717, 1.165) is 22.4 Å². The molecule has 0 radical (unpaired) electrons. The standard InChI is InChI=1S/C27H30N2O4/c1-5-7-23-15-22(17-28-25-13-8-19(3)14-20(25)4)16-26(32-6-2)27(23)33-18-21-9-11-24(12-10-21)29(30)31/h5,8-16,28H,1,6-7,17-18H2,2-4H3. The first kappa shape index (κ1) is 23.9. The molecule has 0 fully saturated rings. The van der Waals surface area contributed by atoms with Crippen molar-refractivity contribution in [2.75, 3.05) is 11.9 Å². The van der Waals surface area contributed by atoms with Gasteiger partial charge in [-0.3, -0.25) is 10.1 Å². The van der Waals surface area contributed by atoms with E-state index in [1.54, 1.807) is 12.1 Å². The summed E-state index contributed by atoms with van der Waals surface area (Å²) in [6, 6.07) is 16.8. The summed E-state index contributed by atoms with van der Waals surface area (Å²) < 4.78 is 12.1. The van der Waals surface area contributed by atoms with Gasteiger partial charge in [-0.15, -0.1) is 6.58 Å². The number of aryl methyl sites for hydroxylation is 2. The topological polar surface area (TPSA) is 73.6 Å². The van der Waals surface area contributed by atoms with E-state index in [4.69, 9.17) is 9.47 Å². The number of nitrogens with one attached hydrogen (secondary N) is 1. The molecule has 3 aromatic carbocycles. The van der Waals surface area contributed by atoms with Crippen LogP contribution in [0.1, 0.15) is 34.7 Å². The molecule has 0 aliphatic rings. The zero-order chi connectivity index (χ0) is 23.8. The molecule has 3 aromatic rings. The van der Waals surface area contributed by atoms with Gasteiger partial charge in [-0.05, 0) is 74.2 Å². The number of anilines is 1. The van der Waals surface area contributed by atoms with E-state index < -0.39 is 4.92 Å². The molecule has 0 aliphatic carbocycles. The molecule has 3 rings (SSSR count). The van der Waals surface area contributed by atoms with Crippen LogP contribution < -0.4 is 14.8 Å². The number of nitro groups is 1. The highest BCUT2D eigenvalue weighted by Crippen LogP contribution is 2.35. The number of nitro benzene ring substituents is 1. The number of allylic oxidation sites excluding steroid dienone is 1. The van der Waals surface area contributed by atoms with Crippen molar-refractivity contribution in [3.63, 3.8) is 0 Å². The Hall–Kier alpha value is -3.80. The molecular weight excluding hydrogens is 416 g/mol. The van der Waals surface area contributed by atoms with Crippen molar-refractivity contribution in [2.45, 2.75) is 40.3 Å². The lowest BCUT2D eigenvalue weighted by molar-refractivity contribution is -0.384. The minimum absolute atomic E-state index is 0.0572. The third-order valence-electron chi connectivity index (χ3n) is 5.25. The summed E-state index contributed by atoms with van der Waals surface area (Å²) in [6.07, 6.45) is 2.47. The van der Waals surface area contributed by atoms with Crippen molar-refractivity contribution in [1.29, 1.82) is 0 Å². The van der Waals surface area contributed by atoms with Crippen molar-refractivity contribution in [1.82, 2.24) is 0 Å². The minimum Gasteiger partial charge on any atom is -0.490 e. The molecule has 0 unspecified atom stereocenters. The summed E-state index contributed by atoms with van der Waals surface area (Å²) in [5.41, 5.74) is 6.50. The summed E-state index contributed by atoms with van der Waals surface area (Å²) in [5.74, 6) is 1.35. The highest BCUT2D eigenvalue weighted by Gasteiger charge is 2.14. The van der Waals surface area contributed by atoms with Crippen LogP contribution in [0.15, 0.2) is 67.3 Å². The highest BCUT2D eigenvalue weighted by molar-refractivity contribution is 5.54. The van der Waals surface area contributed by atoms with E-state index in [2.05, 4.69) is 50.0 Å². The summed E-state index contributed by atoms with van der Waals surface area (Å²) in [5, 5.41) is 14.4. The number of benzene rings is 3. The molecule has 0 aromatic heterocycles. The first-order valence-corrected chi connectivity index (χ1v) is 11.0. The third-order valence-corrected chi connectivity index (χ3v) is 5.25. The van der Waals surface area contributed by atoms with E-state index in [0.29, 0.717) is 31.1 Å². The average Bonchev–Trinajstić information content (AvgIpc) is 2.78. The molecule has 0 amide bonds. The SMILES string of the molecule is C=CCc1cc(CNc2ccc(C)cc2C)cc(OCC)c1OCc1ccc([N+](=O)[O-])cc1. The average molecular weight is 447 g/mol. The monoisotopic (exact) mass is 446 g/mol. The molecule has 0 bridgehead atoms. The molecule has 6 nitrogen and oxygen atoms in total. The summed E-state index contributed by atoms with van der Waals surface area (Å²) in [4.78, 5) is 10.5. The molecule has 33 heavy (non-hydrogen) atoms. The quantitative estimate of drug-likeness (QED) is 0.206. The summed E-state index contributed by atoms with van der Waals surface area (Å²) in [7, 11) is 0. The third kappa shape index (κ3) is 6.35. The van der Waals surface area contributed by atoms with Gasteiger partial charge in [0.05, 0.1) is 11.5 Å². The second-order valence-electron chi connectivity index (χ2n) is 7.89. The van der Waals surface area contributed by atoms with Gasteiger partial charge in [0.15, 0.2) is 11.5 Å². The van der Waals surface area contributed by atoms with E-state index in [-0.39, 0.29) is 12.3 Å². The number of rotatable bonds is 11. The van der Waals surface area contributed by atoms with Crippen LogP contribution in [-0.4, -0.2) is 11.5 Å². The van der Waals surface area contributed by atoms with E-state index in [1.165, 1.54) is 23.3 Å². The molecule has 0 heterocycles. The van der Waals surface area contributed by atoms with Gasteiger partial charge in [-0.1, -0.05) is 23.8 Å². The maximum absolute atomic E-state index is 10.9. The second kappa shape index (κ2) is 11.2. The molecule has 6 heteroatoms. The van der Waals surface area contributed by atoms with Gasteiger partial charge < -0.3 is 14.8 Å². The highest BCUT2D eigenvalue weighted by atomic mass is 16.6. The minimum atomic E-state index is -0.412. The molecule has 0 spiro atoms. The Bertz CT molecular complexity index is 1120. The molecule has 0 saturated carbocycles. The lowest BCUT2D eigenvalue weighted by Crippen LogP contribution is -2.06. The Labute approximate surface area is 195 Å². The number of hydrogen-bond donors (Lipinski definition) is 1. The lowest BCUT2D eigenvalue weighted by atomic mass is 10.0. The van der Waals surface area contributed by atoms with Crippen LogP contribution in [0.3, 0.4) is 0 Å². The fourth-order valence-corrected chi connectivity index (χ4v) is 3.64. The summed E-state index contributed by atoms with van der Waals surface area (Å²) in [6.45, 7) is 11.4. The Morgan fingerprint density at radius 3 is 2.42 bits per heavy atom. The van der Waals surface area contributed by atoms with Crippen LogP contribution in [0.5, 0.6) is 11.5 Å². The van der Waals surface area contributed by atoms with Crippen LogP contribution in [0.2, 0.25) is 0 Å². The lowest BCUT2D eigenvalue weighted by Gasteiger charge is -2.18. The first-order valence-electron chi connectivity index (χ1n) is 11.0. The van der Waals surface area contributed by atoms with Crippen molar-refractivity contribution in [3.8, 4) is 11.5 Å². The number of non-ortho nitro benzene ring substituents is 1. The first-order chi connectivity index (χ1) is 15.9. The van der Waals surface area contributed by atoms with Crippen LogP contribution in [0.25, 0.3) is 0 Å². The van der Waals surface area contributed by atoms with Gasteiger partial charge >= 0.3 is 0 Å². The van der Waals surface area contributed by atoms with Crippen LogP contribution in [0.4, 0.5) is 11.4 Å². The molecule has 0 saturated heterocycles. The van der Waals surface area contributed by atoms with E-state index in [9.17, 15) is 10.1 Å². The number of nitrogens with zero attached hydrogens (tertiary/aromatic N) is 1. The number of hydrogen-bond acceptors (Lipinski definition) is 5. The Balaban J connectivity index is 1.82. The normalized spacial score (nSPS) is 10.5. The maximum atomic E-state index is 10.9. The van der Waals surface area contributed by atoms with Gasteiger partial charge in [-0.25, -0.2) is 0 Å². The zero-order valence-corrected chi connectivity index (χ0v) is 19.4. The van der Waals surface area contributed by atoms with Crippen molar-refractivity contribution in [2.24, 2.45) is 0 Å². The zero-order valence-electron chi connectivity index (χ0n) is 19.4. The fourth-order valence-electron chi connectivity index (χ4n) is 3.64. The van der Waals surface area contributed by atoms with Crippen molar-refractivity contribution in [3.05, 3.63) is 105 Å². The predicted octanol–water partition coefficient (Wildman–Crippen LogP) is 6.53. The number of ether oxygens (including phenoxy) is 2. The molecular formula is C27H30N2O4. The maximum Gasteiger partial charge on any atom is 0.269 e. The van der Waals surface area contributed by atoms with Gasteiger partial charge in [-0.2, -0.15) is 0 Å². The second-order valence-corrected chi connectivity index (χ2v) is 7.89. The van der Waals surface area contributed by atoms with Crippen molar-refractivity contribution >= 4 is 11.4 Å². The van der Waals surface area contributed by atoms with Crippen molar-refractivity contribution < 1.29 is 14.4 Å². The van der Waals surface area contributed by atoms with E-state index in [1.807, 2.05) is 19.1 Å². The molecule has 172 valence electrons. The van der Waals surface area contributed by atoms with Gasteiger partial charge in [0.1, 0.15) is 6.61 Å². The van der Waals surface area contributed by atoms with Crippen LogP contribution in [-0.2, 0) is 19.6 Å². The molecule has 0 aliphatic heterocycles. The van der Waals surface area contributed by atoms with Gasteiger partial charge in [0, 0.05) is 29.9 Å². The Morgan fingerprint density at radius 1 is 1.03 bits per heavy atom. The largest absolute Gasteiger partial charge is 0.490 e. The smallest absolute Gasteiger partial charge is 0.269 e. The van der Waals surface area contributed by atoms with E-state index >= 15 is 0 Å². The van der Waals surface area contributed by atoms with Crippen LogP contribution >= 0.6 is 0 Å². The summed E-state index contributed by atoms with van der Waals surface area (Å²) >= 11 is 0. The fraction of sp³-hybridized carbons (Fsp3) is 0.259. The van der Waals surface area contributed by atoms with Gasteiger partial charge in [0.2, 0.25) is 0 Å². The molecule has 1 N–H and O–H groups in total. The van der Waals surface area contributed by atoms with Crippen LogP contribution in [0, 0.1) is 24.0 Å². The molecule has 0 atom stereocenters. The Kier molecular flexibility index (Phi) is 8.08. The van der Waals surface area contributed by atoms with Gasteiger partial charge in [0.25, 0.3) is 5.69 Å².